The molecule has 1 aromatic carbocycles. The number of nitrogens with zero attached hydrogens (tertiary/aromatic N) is 4. The predicted octanol–water partition coefficient (Wildman–Crippen LogP) is 4.23. The van der Waals surface area contributed by atoms with E-state index in [0.717, 1.165) is 12.0 Å². The van der Waals surface area contributed by atoms with Crippen LogP contribution in [0.4, 0.5) is 5.82 Å². The lowest BCUT2D eigenvalue weighted by molar-refractivity contribution is -0.148. The summed E-state index contributed by atoms with van der Waals surface area (Å²) < 4.78 is 7.29. The van der Waals surface area contributed by atoms with Crippen LogP contribution in [0.5, 0.6) is 0 Å². The molecule has 1 atom stereocenters. The van der Waals surface area contributed by atoms with Crippen molar-refractivity contribution in [3.8, 4) is 6.07 Å². The minimum atomic E-state index is -0.380. The number of ether oxygens (including phenoxy) is 1. The number of hydrogen-bond acceptors (Lipinski definition) is 8. The first-order chi connectivity index (χ1) is 18.3. The number of carbonyl (C=O) groups is 2. The summed E-state index contributed by atoms with van der Waals surface area (Å²) in [6.07, 6.45) is 3.20. The molecule has 1 unspecified atom stereocenters. The molecule has 10 heteroatoms. The molecule has 0 bridgehead atoms. The molecule has 2 fully saturated rings. The number of pyridine rings is 1. The summed E-state index contributed by atoms with van der Waals surface area (Å²) in [5.74, 6) is -0.186. The molecule has 0 saturated carbocycles. The first kappa shape index (κ1) is 27.6. The first-order valence-corrected chi connectivity index (χ1v) is 13.9. The number of benzene rings is 1. The highest BCUT2D eigenvalue weighted by molar-refractivity contribution is 8.26. The van der Waals surface area contributed by atoms with E-state index < -0.39 is 0 Å². The van der Waals surface area contributed by atoms with E-state index in [1.54, 1.807) is 29.4 Å². The Morgan fingerprint density at radius 3 is 2.66 bits per heavy atom. The SMILES string of the molecule is CCOC(=O)C1CCCN(c2c(/C=C3\SC(=S)N(Cc4ccccc4)C3=O)c(C)c(C#N)c(=O)n2CC)C1. The molecular formula is C28H30N4O4S2. The van der Waals surface area contributed by atoms with Gasteiger partial charge in [0.05, 0.1) is 24.0 Å². The van der Waals surface area contributed by atoms with Crippen LogP contribution in [0, 0.1) is 24.2 Å². The lowest BCUT2D eigenvalue weighted by atomic mass is 9.96. The van der Waals surface area contributed by atoms with E-state index >= 15 is 0 Å². The monoisotopic (exact) mass is 550 g/mol. The molecule has 4 rings (SSSR count). The van der Waals surface area contributed by atoms with Gasteiger partial charge in [0.1, 0.15) is 21.8 Å². The molecule has 8 nitrogen and oxygen atoms in total. The second-order valence-corrected chi connectivity index (χ2v) is 10.9. The van der Waals surface area contributed by atoms with Crippen LogP contribution < -0.4 is 10.5 Å². The number of anilines is 1. The van der Waals surface area contributed by atoms with Crippen LogP contribution in [-0.4, -0.2) is 45.4 Å². The van der Waals surface area contributed by atoms with Gasteiger partial charge in [0.15, 0.2) is 0 Å². The van der Waals surface area contributed by atoms with E-state index in [2.05, 4.69) is 6.07 Å². The fourth-order valence-corrected chi connectivity index (χ4v) is 6.17. The first-order valence-electron chi connectivity index (χ1n) is 12.7. The number of hydrogen-bond donors (Lipinski definition) is 0. The Kier molecular flexibility index (Phi) is 8.69. The van der Waals surface area contributed by atoms with Crippen molar-refractivity contribution in [2.75, 3.05) is 24.6 Å². The van der Waals surface area contributed by atoms with Crippen molar-refractivity contribution < 1.29 is 14.3 Å². The quantitative estimate of drug-likeness (QED) is 0.287. The number of carbonyl (C=O) groups excluding carboxylic acids is 2. The average molecular weight is 551 g/mol. The molecule has 2 aliphatic heterocycles. The zero-order valence-electron chi connectivity index (χ0n) is 21.7. The fraction of sp³-hybridized carbons (Fsp3) is 0.393. The molecule has 1 aromatic heterocycles. The summed E-state index contributed by atoms with van der Waals surface area (Å²) in [5, 5.41) is 9.82. The van der Waals surface area contributed by atoms with Crippen molar-refractivity contribution >= 4 is 52.1 Å². The predicted molar refractivity (Wildman–Crippen MR) is 153 cm³/mol. The number of amides is 1. The molecule has 0 spiro atoms. The third-order valence-corrected chi connectivity index (χ3v) is 8.21. The Hall–Kier alpha value is -3.42. The second-order valence-electron chi connectivity index (χ2n) is 9.19. The van der Waals surface area contributed by atoms with Gasteiger partial charge in [0.25, 0.3) is 11.5 Å². The molecule has 0 aliphatic carbocycles. The van der Waals surface area contributed by atoms with Crippen LogP contribution in [-0.2, 0) is 27.4 Å². The molecule has 2 aliphatic rings. The van der Waals surface area contributed by atoms with Crippen LogP contribution in [0.2, 0.25) is 0 Å². The van der Waals surface area contributed by atoms with Crippen LogP contribution >= 0.6 is 24.0 Å². The molecular weight excluding hydrogens is 520 g/mol. The Labute approximate surface area is 231 Å². The van der Waals surface area contributed by atoms with Crippen LogP contribution in [0.15, 0.2) is 40.0 Å². The molecule has 2 aromatic rings. The van der Waals surface area contributed by atoms with Gasteiger partial charge in [0, 0.05) is 25.2 Å². The lowest BCUT2D eigenvalue weighted by Gasteiger charge is -2.36. The maximum Gasteiger partial charge on any atom is 0.310 e. The van der Waals surface area contributed by atoms with E-state index in [1.165, 1.54) is 11.8 Å². The summed E-state index contributed by atoms with van der Waals surface area (Å²) in [6.45, 7) is 7.38. The number of esters is 1. The van der Waals surface area contributed by atoms with Gasteiger partial charge in [-0.1, -0.05) is 54.3 Å². The van der Waals surface area contributed by atoms with Crippen LogP contribution in [0.3, 0.4) is 0 Å². The van der Waals surface area contributed by atoms with Gasteiger partial charge in [-0.05, 0) is 50.8 Å². The topological polar surface area (TPSA) is 95.6 Å². The van der Waals surface area contributed by atoms with Crippen molar-refractivity contribution in [1.29, 1.82) is 5.26 Å². The molecule has 38 heavy (non-hydrogen) atoms. The largest absolute Gasteiger partial charge is 0.466 e. The zero-order chi connectivity index (χ0) is 27.4. The summed E-state index contributed by atoms with van der Waals surface area (Å²) >= 11 is 6.75. The lowest BCUT2D eigenvalue weighted by Crippen LogP contribution is -2.43. The molecule has 3 heterocycles. The van der Waals surface area contributed by atoms with Gasteiger partial charge in [-0.3, -0.25) is 23.9 Å². The Morgan fingerprint density at radius 2 is 2.00 bits per heavy atom. The Bertz CT molecular complexity index is 1390. The Morgan fingerprint density at radius 1 is 1.26 bits per heavy atom. The Balaban J connectivity index is 1.79. The van der Waals surface area contributed by atoms with E-state index in [0.29, 0.717) is 65.4 Å². The van der Waals surface area contributed by atoms with Crippen LogP contribution in [0.25, 0.3) is 6.08 Å². The van der Waals surface area contributed by atoms with Crippen molar-refractivity contribution in [1.82, 2.24) is 9.47 Å². The van der Waals surface area contributed by atoms with Gasteiger partial charge in [-0.25, -0.2) is 0 Å². The standard InChI is InChI=1S/C28H30N4O4S2/c1-4-31-24(30-13-9-12-20(17-30)27(35)36-5-2)21(18(3)22(15-29)25(31)33)14-23-26(34)32(28(37)38-23)16-19-10-7-6-8-11-19/h6-8,10-11,14,20H,4-5,9,12-13,16-17H2,1-3H3/b23-14-. The number of thioether (sulfide) groups is 1. The third kappa shape index (κ3) is 5.40. The highest BCUT2D eigenvalue weighted by Crippen LogP contribution is 2.37. The van der Waals surface area contributed by atoms with Gasteiger partial charge in [-0.2, -0.15) is 5.26 Å². The number of piperidine rings is 1. The van der Waals surface area contributed by atoms with Crippen molar-refractivity contribution in [2.45, 2.75) is 46.7 Å². The zero-order valence-corrected chi connectivity index (χ0v) is 23.4. The highest BCUT2D eigenvalue weighted by Gasteiger charge is 2.34. The molecule has 198 valence electrons. The number of nitriles is 1. The second kappa shape index (κ2) is 12.0. The van der Waals surface area contributed by atoms with E-state index in [-0.39, 0.29) is 28.9 Å². The molecule has 0 radical (unpaired) electrons. The molecule has 0 N–H and O–H groups in total. The van der Waals surface area contributed by atoms with Crippen molar-refractivity contribution in [3.63, 3.8) is 0 Å². The van der Waals surface area contributed by atoms with Crippen molar-refractivity contribution in [2.24, 2.45) is 5.92 Å². The van der Waals surface area contributed by atoms with Gasteiger partial charge in [0.2, 0.25) is 0 Å². The smallest absolute Gasteiger partial charge is 0.310 e. The fourth-order valence-electron chi connectivity index (χ4n) is 4.93. The summed E-state index contributed by atoms with van der Waals surface area (Å²) in [6, 6.07) is 11.7. The van der Waals surface area contributed by atoms with E-state index in [4.69, 9.17) is 17.0 Å². The maximum atomic E-state index is 13.5. The number of thiocarbonyl (C=S) groups is 1. The minimum absolute atomic E-state index is 0.0422. The summed E-state index contributed by atoms with van der Waals surface area (Å²) in [7, 11) is 0. The highest BCUT2D eigenvalue weighted by atomic mass is 32.2. The third-order valence-electron chi connectivity index (χ3n) is 6.84. The van der Waals surface area contributed by atoms with Crippen molar-refractivity contribution in [3.05, 3.63) is 67.8 Å². The normalized spacial score (nSPS) is 18.7. The number of aromatic nitrogens is 1. The summed E-state index contributed by atoms with van der Waals surface area (Å²) in [4.78, 5) is 43.3. The van der Waals surface area contributed by atoms with Gasteiger partial charge in [-0.15, -0.1) is 0 Å². The summed E-state index contributed by atoms with van der Waals surface area (Å²) in [5.41, 5.74) is 1.75. The maximum absolute atomic E-state index is 13.5. The van der Waals surface area contributed by atoms with Crippen LogP contribution in [0.1, 0.15) is 48.9 Å². The van der Waals surface area contributed by atoms with E-state index in [1.807, 2.05) is 42.2 Å². The number of rotatable bonds is 7. The van der Waals surface area contributed by atoms with Gasteiger partial charge < -0.3 is 9.64 Å². The van der Waals surface area contributed by atoms with E-state index in [9.17, 15) is 19.6 Å². The molecule has 2 saturated heterocycles. The average Bonchev–Trinajstić information content (AvgIpc) is 3.18. The molecule has 1 amide bonds. The van der Waals surface area contributed by atoms with Gasteiger partial charge >= 0.3 is 5.97 Å². The minimum Gasteiger partial charge on any atom is -0.466 e.